The van der Waals surface area contributed by atoms with E-state index in [0.29, 0.717) is 37.1 Å². The highest BCUT2D eigenvalue weighted by Gasteiger charge is 2.29. The third-order valence-electron chi connectivity index (χ3n) is 6.52. The van der Waals surface area contributed by atoms with Crippen molar-refractivity contribution < 1.29 is 8.42 Å². The highest BCUT2D eigenvalue weighted by molar-refractivity contribution is 7.89. The largest absolute Gasteiger partial charge is 0.382 e. The number of aromatic nitrogens is 1. The number of benzene rings is 3. The average Bonchev–Trinajstić information content (AvgIpc) is 2.93. The Hall–Kier alpha value is -4.24. The van der Waals surface area contributed by atoms with E-state index in [9.17, 15) is 13.7 Å². The summed E-state index contributed by atoms with van der Waals surface area (Å²) in [6.07, 6.45) is 4.91. The minimum absolute atomic E-state index is 0.0986. The number of rotatable bonds is 5. The number of fused-ring (bicyclic) bond motifs is 1. The van der Waals surface area contributed by atoms with Crippen LogP contribution in [0.5, 0.6) is 0 Å². The summed E-state index contributed by atoms with van der Waals surface area (Å²) < 4.78 is 27.7. The summed E-state index contributed by atoms with van der Waals surface area (Å²) in [4.78, 5) is 4.50. The van der Waals surface area contributed by atoms with E-state index in [0.717, 1.165) is 27.6 Å². The van der Waals surface area contributed by atoms with Crippen molar-refractivity contribution in [1.29, 1.82) is 10.5 Å². The van der Waals surface area contributed by atoms with Crippen molar-refractivity contribution in [3.63, 3.8) is 0 Å². The first kappa shape index (κ1) is 23.5. The van der Waals surface area contributed by atoms with E-state index in [2.05, 4.69) is 28.5 Å². The van der Waals surface area contributed by atoms with Crippen LogP contribution in [0.25, 0.3) is 21.9 Å². The van der Waals surface area contributed by atoms with Gasteiger partial charge in [-0.15, -0.1) is 0 Å². The highest BCUT2D eigenvalue weighted by atomic mass is 32.2. The van der Waals surface area contributed by atoms with E-state index < -0.39 is 10.0 Å². The molecule has 1 aliphatic heterocycles. The number of nitrogens with zero attached hydrogens (tertiary/aromatic N) is 4. The zero-order chi connectivity index (χ0) is 25.1. The lowest BCUT2D eigenvalue weighted by atomic mass is 9.98. The lowest BCUT2D eigenvalue weighted by molar-refractivity contribution is 0.330. The van der Waals surface area contributed by atoms with Gasteiger partial charge in [0, 0.05) is 42.6 Å². The Morgan fingerprint density at radius 3 is 2.36 bits per heavy atom. The molecule has 0 bridgehead atoms. The van der Waals surface area contributed by atoms with E-state index in [-0.39, 0.29) is 10.9 Å². The van der Waals surface area contributed by atoms with Crippen LogP contribution in [0.2, 0.25) is 0 Å². The molecule has 2 heterocycles. The van der Waals surface area contributed by atoms with Gasteiger partial charge in [-0.1, -0.05) is 12.1 Å². The van der Waals surface area contributed by atoms with Gasteiger partial charge in [0.1, 0.15) is 0 Å². The van der Waals surface area contributed by atoms with Gasteiger partial charge in [-0.25, -0.2) is 8.42 Å². The molecule has 0 aliphatic carbocycles. The lowest BCUT2D eigenvalue weighted by Gasteiger charge is -2.32. The molecular formula is C28H23N5O2S. The number of piperidine rings is 1. The van der Waals surface area contributed by atoms with E-state index in [1.165, 1.54) is 28.6 Å². The maximum atomic E-state index is 13.1. The third-order valence-corrected chi connectivity index (χ3v) is 8.43. The molecule has 0 saturated carbocycles. The van der Waals surface area contributed by atoms with Crippen LogP contribution in [-0.2, 0) is 10.0 Å². The second-order valence-corrected chi connectivity index (χ2v) is 10.7. The van der Waals surface area contributed by atoms with Crippen molar-refractivity contribution in [3.8, 4) is 23.3 Å². The molecule has 0 amide bonds. The highest BCUT2D eigenvalue weighted by Crippen LogP contribution is 2.33. The third kappa shape index (κ3) is 4.65. The Bertz CT molecular complexity index is 1610. The molecule has 0 unspecified atom stereocenters. The SMILES string of the molecule is N#Cc1ccc(S(=O)(=O)N2CCC(Nc3cc(-c4cccc(C#N)c4)cc4ccncc34)CC2)cc1. The summed E-state index contributed by atoms with van der Waals surface area (Å²) in [7, 11) is -3.61. The Kier molecular flexibility index (Phi) is 6.39. The summed E-state index contributed by atoms with van der Waals surface area (Å²) in [5, 5.41) is 23.9. The molecule has 1 aliphatic rings. The summed E-state index contributed by atoms with van der Waals surface area (Å²) in [5.74, 6) is 0. The van der Waals surface area contributed by atoms with Gasteiger partial charge in [-0.05, 0) is 84.0 Å². The lowest BCUT2D eigenvalue weighted by Crippen LogP contribution is -2.42. The van der Waals surface area contributed by atoms with Crippen LogP contribution in [0.3, 0.4) is 0 Å². The van der Waals surface area contributed by atoms with Gasteiger partial charge in [0.15, 0.2) is 0 Å². The zero-order valence-corrected chi connectivity index (χ0v) is 20.2. The number of pyridine rings is 1. The summed E-state index contributed by atoms with van der Waals surface area (Å²) >= 11 is 0. The molecule has 1 fully saturated rings. The molecule has 0 atom stereocenters. The molecular weight excluding hydrogens is 470 g/mol. The van der Waals surface area contributed by atoms with Crippen LogP contribution < -0.4 is 5.32 Å². The van der Waals surface area contributed by atoms with E-state index in [1.54, 1.807) is 12.3 Å². The fourth-order valence-electron chi connectivity index (χ4n) is 4.56. The van der Waals surface area contributed by atoms with Crippen molar-refractivity contribution in [1.82, 2.24) is 9.29 Å². The standard InChI is InChI=1S/C28H23N5O2S/c29-17-20-4-6-26(7-5-20)36(34,35)33-12-9-25(10-13-33)32-28-16-24(15-23-8-11-31-19-27(23)28)22-3-1-2-21(14-22)18-30/h1-8,11,14-16,19,25,32H,9-10,12-13H2. The van der Waals surface area contributed by atoms with Crippen LogP contribution in [0.15, 0.2) is 84.0 Å². The number of anilines is 1. The van der Waals surface area contributed by atoms with Gasteiger partial charge in [0.05, 0.1) is 28.2 Å². The molecule has 1 saturated heterocycles. The molecule has 5 rings (SSSR count). The van der Waals surface area contributed by atoms with Crippen molar-refractivity contribution >= 4 is 26.5 Å². The van der Waals surface area contributed by atoms with Crippen molar-refractivity contribution in [3.05, 3.63) is 90.3 Å². The molecule has 7 nitrogen and oxygen atoms in total. The number of hydrogen-bond acceptors (Lipinski definition) is 6. The number of nitrogens with one attached hydrogen (secondary N) is 1. The van der Waals surface area contributed by atoms with Crippen LogP contribution in [-0.4, -0.2) is 36.8 Å². The second-order valence-electron chi connectivity index (χ2n) is 8.77. The van der Waals surface area contributed by atoms with Crippen LogP contribution >= 0.6 is 0 Å². The Balaban J connectivity index is 1.36. The zero-order valence-electron chi connectivity index (χ0n) is 19.4. The first-order chi connectivity index (χ1) is 17.5. The molecule has 3 aromatic carbocycles. The molecule has 0 radical (unpaired) electrons. The first-order valence-electron chi connectivity index (χ1n) is 11.6. The smallest absolute Gasteiger partial charge is 0.243 e. The fraction of sp³-hybridized carbons (Fsp3) is 0.179. The van der Waals surface area contributed by atoms with Crippen molar-refractivity contribution in [2.24, 2.45) is 0 Å². The van der Waals surface area contributed by atoms with Crippen LogP contribution in [0, 0.1) is 22.7 Å². The minimum Gasteiger partial charge on any atom is -0.382 e. The number of sulfonamides is 1. The van der Waals surface area contributed by atoms with Gasteiger partial charge in [-0.3, -0.25) is 4.98 Å². The predicted octanol–water partition coefficient (Wildman–Crippen LogP) is 4.91. The fourth-order valence-corrected chi connectivity index (χ4v) is 6.03. The molecule has 1 N–H and O–H groups in total. The molecule has 0 spiro atoms. The predicted molar refractivity (Wildman–Crippen MR) is 138 cm³/mol. The van der Waals surface area contributed by atoms with Crippen molar-refractivity contribution in [2.45, 2.75) is 23.8 Å². The van der Waals surface area contributed by atoms with E-state index in [4.69, 9.17) is 5.26 Å². The maximum absolute atomic E-state index is 13.1. The first-order valence-corrected chi connectivity index (χ1v) is 13.1. The maximum Gasteiger partial charge on any atom is 0.243 e. The van der Waals surface area contributed by atoms with Gasteiger partial charge >= 0.3 is 0 Å². The number of hydrogen-bond donors (Lipinski definition) is 1. The summed E-state index contributed by atoms with van der Waals surface area (Å²) in [6.45, 7) is 0.806. The molecule has 1 aromatic heterocycles. The van der Waals surface area contributed by atoms with Gasteiger partial charge in [0.25, 0.3) is 0 Å². The Labute approximate surface area is 210 Å². The summed E-state index contributed by atoms with van der Waals surface area (Å²) in [5.41, 5.74) is 3.92. The average molecular weight is 494 g/mol. The monoisotopic (exact) mass is 493 g/mol. The quantitative estimate of drug-likeness (QED) is 0.423. The van der Waals surface area contributed by atoms with Gasteiger partial charge in [-0.2, -0.15) is 14.8 Å². The topological polar surface area (TPSA) is 110 Å². The molecule has 178 valence electrons. The van der Waals surface area contributed by atoms with Crippen molar-refractivity contribution in [2.75, 3.05) is 18.4 Å². The van der Waals surface area contributed by atoms with Crippen LogP contribution in [0.1, 0.15) is 24.0 Å². The minimum atomic E-state index is -3.61. The van der Waals surface area contributed by atoms with Crippen LogP contribution in [0.4, 0.5) is 5.69 Å². The summed E-state index contributed by atoms with van der Waals surface area (Å²) in [6, 6.07) is 24.0. The van der Waals surface area contributed by atoms with Gasteiger partial charge < -0.3 is 5.32 Å². The second kappa shape index (κ2) is 9.79. The van der Waals surface area contributed by atoms with E-state index in [1.807, 2.05) is 36.5 Å². The normalized spacial score (nSPS) is 14.7. The molecule has 4 aromatic rings. The number of nitriles is 2. The Morgan fingerprint density at radius 1 is 0.889 bits per heavy atom. The Morgan fingerprint density at radius 2 is 1.64 bits per heavy atom. The van der Waals surface area contributed by atoms with E-state index >= 15 is 0 Å². The molecule has 8 heteroatoms. The molecule has 36 heavy (non-hydrogen) atoms. The van der Waals surface area contributed by atoms with Gasteiger partial charge in [0.2, 0.25) is 10.0 Å².